The van der Waals surface area contributed by atoms with Crippen molar-refractivity contribution in [3.63, 3.8) is 0 Å². The lowest BCUT2D eigenvalue weighted by Crippen LogP contribution is -2.38. The Balaban J connectivity index is 1.12. The molecule has 0 saturated carbocycles. The van der Waals surface area contributed by atoms with Crippen molar-refractivity contribution >= 4 is 28.8 Å². The van der Waals surface area contributed by atoms with E-state index >= 15 is 0 Å². The first-order valence-corrected chi connectivity index (χ1v) is 11.2. The van der Waals surface area contributed by atoms with Gasteiger partial charge in [-0.15, -0.1) is 0 Å². The molecule has 7 nitrogen and oxygen atoms in total. The lowest BCUT2D eigenvalue weighted by Gasteiger charge is -2.31. The van der Waals surface area contributed by atoms with Crippen LogP contribution in [0.15, 0.2) is 42.5 Å². The number of fused-ring (bicyclic) bond motifs is 2. The van der Waals surface area contributed by atoms with Crippen LogP contribution in [0.4, 0.5) is 0 Å². The highest BCUT2D eigenvalue weighted by Crippen LogP contribution is 2.28. The van der Waals surface area contributed by atoms with Crippen molar-refractivity contribution in [1.29, 1.82) is 0 Å². The third kappa shape index (κ3) is 3.68. The smallest absolute Gasteiger partial charge is 0.261 e. The lowest BCUT2D eigenvalue weighted by atomic mass is 9.96. The average Bonchev–Trinajstić information content (AvgIpc) is 3.34. The fourth-order valence-corrected chi connectivity index (χ4v) is 4.72. The number of aromatic amines is 1. The summed E-state index contributed by atoms with van der Waals surface area (Å²) in [4.78, 5) is 49.1. The van der Waals surface area contributed by atoms with Gasteiger partial charge in [0, 0.05) is 32.0 Å². The SMILES string of the molecule is Cc1ccc2c(c1)C(=O)N(CCCC(=O)N1CCC(c3nc4ccccc4[nH]3)CC1)C2=O. The lowest BCUT2D eigenvalue weighted by molar-refractivity contribution is -0.132. The van der Waals surface area contributed by atoms with Gasteiger partial charge < -0.3 is 9.88 Å². The van der Waals surface area contributed by atoms with E-state index in [1.807, 2.05) is 42.2 Å². The van der Waals surface area contributed by atoms with E-state index in [1.165, 1.54) is 4.90 Å². The number of benzene rings is 2. The number of imidazole rings is 1. The van der Waals surface area contributed by atoms with Gasteiger partial charge >= 0.3 is 0 Å². The second-order valence-electron chi connectivity index (χ2n) is 8.71. The summed E-state index contributed by atoms with van der Waals surface area (Å²) in [5, 5.41) is 0. The molecule has 32 heavy (non-hydrogen) atoms. The zero-order valence-electron chi connectivity index (χ0n) is 18.1. The first-order chi connectivity index (χ1) is 15.5. The fraction of sp³-hybridized carbons (Fsp3) is 0.360. The minimum Gasteiger partial charge on any atom is -0.343 e. The number of carbonyl (C=O) groups is 3. The van der Waals surface area contributed by atoms with Crippen molar-refractivity contribution in [2.75, 3.05) is 19.6 Å². The maximum atomic E-state index is 12.7. The molecular formula is C25H26N4O3. The summed E-state index contributed by atoms with van der Waals surface area (Å²) in [5.41, 5.74) is 3.90. The van der Waals surface area contributed by atoms with Crippen LogP contribution in [0.5, 0.6) is 0 Å². The number of piperidine rings is 1. The molecule has 1 aromatic heterocycles. The second-order valence-corrected chi connectivity index (χ2v) is 8.71. The van der Waals surface area contributed by atoms with E-state index < -0.39 is 0 Å². The zero-order chi connectivity index (χ0) is 22.2. The van der Waals surface area contributed by atoms with Crippen LogP contribution in [0.1, 0.15) is 63.7 Å². The van der Waals surface area contributed by atoms with Gasteiger partial charge in [-0.3, -0.25) is 19.3 Å². The van der Waals surface area contributed by atoms with Crippen LogP contribution in [0, 0.1) is 6.92 Å². The molecule has 0 bridgehead atoms. The largest absolute Gasteiger partial charge is 0.343 e. The molecule has 2 aliphatic rings. The summed E-state index contributed by atoms with van der Waals surface area (Å²) in [6.45, 7) is 3.57. The number of rotatable bonds is 5. The van der Waals surface area contributed by atoms with Gasteiger partial charge in [-0.1, -0.05) is 23.8 Å². The van der Waals surface area contributed by atoms with Gasteiger partial charge in [0.25, 0.3) is 11.8 Å². The summed E-state index contributed by atoms with van der Waals surface area (Å²) >= 11 is 0. The second kappa shape index (κ2) is 8.22. The highest BCUT2D eigenvalue weighted by molar-refractivity contribution is 6.21. The van der Waals surface area contributed by atoms with Crippen molar-refractivity contribution in [3.05, 3.63) is 65.0 Å². The highest BCUT2D eigenvalue weighted by atomic mass is 16.2. The molecule has 3 amide bonds. The summed E-state index contributed by atoms with van der Waals surface area (Å²) in [5.74, 6) is 0.893. The molecule has 5 rings (SSSR count). The standard InChI is InChI=1S/C25H26N4O3/c1-16-8-9-18-19(15-16)25(32)29(24(18)31)12-4-7-22(30)28-13-10-17(11-14-28)23-26-20-5-2-3-6-21(20)27-23/h2-3,5-6,8-9,15,17H,4,7,10-14H2,1H3,(H,26,27). The molecule has 0 radical (unpaired) electrons. The molecular weight excluding hydrogens is 404 g/mol. The van der Waals surface area contributed by atoms with Gasteiger partial charge in [-0.25, -0.2) is 4.98 Å². The number of hydrogen-bond acceptors (Lipinski definition) is 4. The van der Waals surface area contributed by atoms with E-state index in [4.69, 9.17) is 4.98 Å². The summed E-state index contributed by atoms with van der Waals surface area (Å²) in [6.07, 6.45) is 2.57. The van der Waals surface area contributed by atoms with Gasteiger partial charge in [-0.05, 0) is 50.5 Å². The number of aromatic nitrogens is 2. The molecule has 1 N–H and O–H groups in total. The number of carbonyl (C=O) groups excluding carboxylic acids is 3. The number of amides is 3. The van der Waals surface area contributed by atoms with Crippen LogP contribution in [0.2, 0.25) is 0 Å². The maximum absolute atomic E-state index is 12.7. The van der Waals surface area contributed by atoms with Crippen LogP contribution < -0.4 is 0 Å². The Morgan fingerprint density at radius 2 is 1.81 bits per heavy atom. The predicted molar refractivity (Wildman–Crippen MR) is 120 cm³/mol. The molecule has 164 valence electrons. The van der Waals surface area contributed by atoms with E-state index in [1.54, 1.807) is 12.1 Å². The number of imide groups is 1. The topological polar surface area (TPSA) is 86.4 Å². The highest BCUT2D eigenvalue weighted by Gasteiger charge is 2.35. The van der Waals surface area contributed by atoms with Gasteiger partial charge in [0.15, 0.2) is 0 Å². The molecule has 3 heterocycles. The molecule has 0 unspecified atom stereocenters. The molecule has 3 aromatic rings. The Morgan fingerprint density at radius 3 is 2.59 bits per heavy atom. The minimum atomic E-state index is -0.260. The molecule has 0 spiro atoms. The molecule has 2 aromatic carbocycles. The van der Waals surface area contributed by atoms with E-state index in [9.17, 15) is 14.4 Å². The monoisotopic (exact) mass is 430 g/mol. The molecule has 2 aliphatic heterocycles. The van der Waals surface area contributed by atoms with Crippen molar-refractivity contribution in [3.8, 4) is 0 Å². The summed E-state index contributed by atoms with van der Waals surface area (Å²) in [6, 6.07) is 13.3. The number of aryl methyl sites for hydroxylation is 1. The fourth-order valence-electron chi connectivity index (χ4n) is 4.72. The third-order valence-electron chi connectivity index (χ3n) is 6.54. The van der Waals surface area contributed by atoms with E-state index in [2.05, 4.69) is 4.98 Å². The van der Waals surface area contributed by atoms with E-state index in [0.717, 1.165) is 35.3 Å². The normalized spacial score (nSPS) is 16.8. The van der Waals surface area contributed by atoms with Gasteiger partial charge in [0.05, 0.1) is 22.2 Å². The number of para-hydroxylation sites is 2. The van der Waals surface area contributed by atoms with Crippen molar-refractivity contribution < 1.29 is 14.4 Å². The molecule has 7 heteroatoms. The average molecular weight is 431 g/mol. The van der Waals surface area contributed by atoms with Crippen LogP contribution in [-0.4, -0.2) is 57.1 Å². The van der Waals surface area contributed by atoms with Crippen molar-refractivity contribution in [2.45, 2.75) is 38.5 Å². The molecule has 0 atom stereocenters. The number of H-pyrrole nitrogens is 1. The van der Waals surface area contributed by atoms with Crippen molar-refractivity contribution in [1.82, 2.24) is 19.8 Å². The zero-order valence-corrected chi connectivity index (χ0v) is 18.1. The Morgan fingerprint density at radius 1 is 1.06 bits per heavy atom. The summed E-state index contributed by atoms with van der Waals surface area (Å²) in [7, 11) is 0. The Kier molecular flexibility index (Phi) is 5.25. The van der Waals surface area contributed by atoms with Crippen LogP contribution in [-0.2, 0) is 4.79 Å². The number of likely N-dealkylation sites (tertiary alicyclic amines) is 1. The van der Waals surface area contributed by atoms with Gasteiger partial charge in [-0.2, -0.15) is 0 Å². The predicted octanol–water partition coefficient (Wildman–Crippen LogP) is 3.65. The first-order valence-electron chi connectivity index (χ1n) is 11.2. The quantitative estimate of drug-likeness (QED) is 0.626. The van der Waals surface area contributed by atoms with Gasteiger partial charge in [0.1, 0.15) is 5.82 Å². The maximum Gasteiger partial charge on any atom is 0.261 e. The van der Waals surface area contributed by atoms with Crippen molar-refractivity contribution in [2.24, 2.45) is 0 Å². The Labute approximate surface area is 186 Å². The van der Waals surface area contributed by atoms with Gasteiger partial charge in [0.2, 0.25) is 5.91 Å². The van der Waals surface area contributed by atoms with E-state index in [-0.39, 0.29) is 24.3 Å². The van der Waals surface area contributed by atoms with Crippen LogP contribution in [0.3, 0.4) is 0 Å². The van der Waals surface area contributed by atoms with Crippen LogP contribution in [0.25, 0.3) is 11.0 Å². The number of hydrogen-bond donors (Lipinski definition) is 1. The first kappa shape index (κ1) is 20.4. The molecule has 1 fully saturated rings. The summed E-state index contributed by atoms with van der Waals surface area (Å²) < 4.78 is 0. The number of nitrogens with one attached hydrogen (secondary N) is 1. The molecule has 0 aliphatic carbocycles. The third-order valence-corrected chi connectivity index (χ3v) is 6.54. The number of nitrogens with zero attached hydrogens (tertiary/aromatic N) is 3. The molecule has 1 saturated heterocycles. The Hall–Kier alpha value is -3.48. The Bertz CT molecular complexity index is 1170. The van der Waals surface area contributed by atoms with Crippen LogP contribution >= 0.6 is 0 Å². The van der Waals surface area contributed by atoms with E-state index in [0.29, 0.717) is 43.0 Å². The minimum absolute atomic E-state index is 0.0838.